The minimum atomic E-state index is -0.338. The maximum absolute atomic E-state index is 10.3. The molecule has 4 bridgehead atoms. The molecule has 5 rings (SSSR count). The van der Waals surface area contributed by atoms with E-state index in [-0.39, 0.29) is 24.1 Å². The molecule has 0 aliphatic heterocycles. The zero-order valence-corrected chi connectivity index (χ0v) is 15.2. The zero-order chi connectivity index (χ0) is 15.0. The zero-order valence-electron chi connectivity index (χ0n) is 14.3. The van der Waals surface area contributed by atoms with Gasteiger partial charge in [-0.1, -0.05) is 19.3 Å². The number of rotatable bonds is 6. The third-order valence-electron chi connectivity index (χ3n) is 6.81. The monoisotopic (exact) mass is 343 g/mol. The summed E-state index contributed by atoms with van der Waals surface area (Å²) in [6, 6.07) is 0.628. The molecule has 0 amide bonds. The van der Waals surface area contributed by atoms with Crippen molar-refractivity contribution in [3.05, 3.63) is 0 Å². The van der Waals surface area contributed by atoms with Crippen molar-refractivity contribution in [3.8, 4) is 0 Å². The van der Waals surface area contributed by atoms with E-state index in [9.17, 15) is 5.11 Å². The van der Waals surface area contributed by atoms with Gasteiger partial charge >= 0.3 is 0 Å². The van der Waals surface area contributed by atoms with Crippen LogP contribution < -0.4 is 5.32 Å². The first kappa shape index (κ1) is 18.0. The van der Waals surface area contributed by atoms with E-state index in [2.05, 4.69) is 5.32 Å². The molecule has 0 aromatic heterocycles. The first-order valence-corrected chi connectivity index (χ1v) is 9.76. The minimum Gasteiger partial charge on any atom is -0.389 e. The van der Waals surface area contributed by atoms with Crippen LogP contribution in [0.4, 0.5) is 0 Å². The number of hydrogen-bond acceptors (Lipinski definition) is 3. The Kier molecular flexibility index (Phi) is 5.94. The maximum atomic E-state index is 10.3. The van der Waals surface area contributed by atoms with Gasteiger partial charge in [-0.25, -0.2) is 0 Å². The van der Waals surface area contributed by atoms with Crippen molar-refractivity contribution in [1.29, 1.82) is 0 Å². The van der Waals surface area contributed by atoms with Gasteiger partial charge in [-0.15, -0.1) is 12.4 Å². The van der Waals surface area contributed by atoms with Crippen molar-refractivity contribution < 1.29 is 9.84 Å². The number of aliphatic hydroxyl groups is 1. The molecule has 2 N–H and O–H groups in total. The van der Waals surface area contributed by atoms with Gasteiger partial charge in [0.05, 0.1) is 18.3 Å². The highest BCUT2D eigenvalue weighted by molar-refractivity contribution is 5.85. The molecule has 0 saturated heterocycles. The molecule has 1 unspecified atom stereocenters. The fourth-order valence-corrected chi connectivity index (χ4v) is 6.15. The Hall–Kier alpha value is 0.170. The Morgan fingerprint density at radius 3 is 2.09 bits per heavy atom. The number of hydrogen-bond donors (Lipinski definition) is 2. The van der Waals surface area contributed by atoms with Crippen molar-refractivity contribution in [1.82, 2.24) is 5.32 Å². The summed E-state index contributed by atoms with van der Waals surface area (Å²) in [4.78, 5) is 0. The Labute approximate surface area is 147 Å². The van der Waals surface area contributed by atoms with Crippen LogP contribution >= 0.6 is 12.4 Å². The Morgan fingerprint density at radius 1 is 0.957 bits per heavy atom. The number of nitrogens with one attached hydrogen (secondary N) is 1. The summed E-state index contributed by atoms with van der Waals surface area (Å²) in [6.07, 6.45) is 14.5. The predicted octanol–water partition coefficient (Wildman–Crippen LogP) is 3.68. The normalized spacial score (nSPS) is 40.8. The van der Waals surface area contributed by atoms with Gasteiger partial charge in [-0.3, -0.25) is 0 Å². The third kappa shape index (κ3) is 4.23. The van der Waals surface area contributed by atoms with Crippen LogP contribution in [0.25, 0.3) is 0 Å². The highest BCUT2D eigenvalue weighted by Crippen LogP contribution is 2.57. The predicted molar refractivity (Wildman–Crippen MR) is 95.0 cm³/mol. The van der Waals surface area contributed by atoms with Gasteiger partial charge in [0.25, 0.3) is 0 Å². The van der Waals surface area contributed by atoms with Crippen molar-refractivity contribution >= 4 is 12.4 Å². The molecule has 0 aromatic carbocycles. The number of halogens is 1. The Morgan fingerprint density at radius 2 is 1.52 bits per heavy atom. The molecule has 5 aliphatic rings. The molecule has 134 valence electrons. The molecule has 0 radical (unpaired) electrons. The molecule has 3 nitrogen and oxygen atoms in total. The lowest BCUT2D eigenvalue weighted by Crippen LogP contribution is -2.53. The van der Waals surface area contributed by atoms with E-state index in [4.69, 9.17) is 4.74 Å². The second-order valence-electron chi connectivity index (χ2n) is 8.81. The fraction of sp³-hybridized carbons (Fsp3) is 1.00. The van der Waals surface area contributed by atoms with Gasteiger partial charge < -0.3 is 15.2 Å². The van der Waals surface area contributed by atoms with E-state index in [0.717, 1.165) is 17.8 Å². The Bertz CT molecular complexity index is 348. The summed E-state index contributed by atoms with van der Waals surface area (Å²) >= 11 is 0. The topological polar surface area (TPSA) is 41.5 Å². The lowest BCUT2D eigenvalue weighted by atomic mass is 9.54. The van der Waals surface area contributed by atoms with Crippen molar-refractivity contribution in [3.63, 3.8) is 0 Å². The molecule has 0 spiro atoms. The summed E-state index contributed by atoms with van der Waals surface area (Å²) in [6.45, 7) is 1.24. The molecule has 5 aliphatic carbocycles. The van der Waals surface area contributed by atoms with Gasteiger partial charge in [-0.2, -0.15) is 0 Å². The summed E-state index contributed by atoms with van der Waals surface area (Å²) in [5.41, 5.74) is 0.139. The second kappa shape index (κ2) is 7.59. The second-order valence-corrected chi connectivity index (χ2v) is 8.81. The van der Waals surface area contributed by atoms with Crippen LogP contribution in [0.2, 0.25) is 0 Å². The van der Waals surface area contributed by atoms with E-state index in [0.29, 0.717) is 19.2 Å². The average Bonchev–Trinajstić information content (AvgIpc) is 2.51. The van der Waals surface area contributed by atoms with Gasteiger partial charge in [0, 0.05) is 12.6 Å². The molecule has 0 aromatic rings. The highest BCUT2D eigenvalue weighted by Gasteiger charge is 2.51. The molecule has 23 heavy (non-hydrogen) atoms. The highest BCUT2D eigenvalue weighted by atomic mass is 35.5. The lowest BCUT2D eigenvalue weighted by molar-refractivity contribution is -0.174. The SMILES string of the molecule is Cl.OC(CNC1CCCCC1)COC12CC3CC(CC(C3)C1)C2. The molecule has 5 saturated carbocycles. The quantitative estimate of drug-likeness (QED) is 0.773. The van der Waals surface area contributed by atoms with Crippen LogP contribution in [0.15, 0.2) is 0 Å². The average molecular weight is 344 g/mol. The van der Waals surface area contributed by atoms with Gasteiger partial charge in [0.1, 0.15) is 0 Å². The largest absolute Gasteiger partial charge is 0.389 e. The molecule has 0 heterocycles. The fourth-order valence-electron chi connectivity index (χ4n) is 6.15. The van der Waals surface area contributed by atoms with E-state index in [1.165, 1.54) is 70.6 Å². The Balaban J connectivity index is 0.00000156. The summed E-state index contributed by atoms with van der Waals surface area (Å²) < 4.78 is 6.35. The lowest BCUT2D eigenvalue weighted by Gasteiger charge is -2.56. The van der Waals surface area contributed by atoms with Gasteiger partial charge in [-0.05, 0) is 69.1 Å². The first-order chi connectivity index (χ1) is 10.7. The number of ether oxygens (including phenoxy) is 1. The molecule has 4 heteroatoms. The molecule has 5 fully saturated rings. The van der Waals surface area contributed by atoms with Gasteiger partial charge in [0.2, 0.25) is 0 Å². The van der Waals surface area contributed by atoms with Crippen LogP contribution in [0.1, 0.15) is 70.6 Å². The van der Waals surface area contributed by atoms with E-state index < -0.39 is 0 Å². The molecular weight excluding hydrogens is 310 g/mol. The van der Waals surface area contributed by atoms with Crippen molar-refractivity contribution in [2.75, 3.05) is 13.2 Å². The maximum Gasteiger partial charge on any atom is 0.0898 e. The van der Waals surface area contributed by atoms with Crippen LogP contribution in [-0.4, -0.2) is 36.0 Å². The number of aliphatic hydroxyl groups excluding tert-OH is 1. The molecule has 1 atom stereocenters. The van der Waals surface area contributed by atoms with Crippen LogP contribution in [0.3, 0.4) is 0 Å². The smallest absolute Gasteiger partial charge is 0.0898 e. The van der Waals surface area contributed by atoms with E-state index in [1.54, 1.807) is 0 Å². The summed E-state index contributed by atoms with van der Waals surface area (Å²) in [5.74, 6) is 2.76. The summed E-state index contributed by atoms with van der Waals surface area (Å²) in [7, 11) is 0. The van der Waals surface area contributed by atoms with Crippen LogP contribution in [-0.2, 0) is 4.74 Å². The summed E-state index contributed by atoms with van der Waals surface area (Å²) in [5, 5.41) is 13.8. The first-order valence-electron chi connectivity index (χ1n) is 9.76. The minimum absolute atomic E-state index is 0. The van der Waals surface area contributed by atoms with Crippen molar-refractivity contribution in [2.24, 2.45) is 17.8 Å². The molecular formula is C19H34ClNO2. The van der Waals surface area contributed by atoms with Crippen molar-refractivity contribution in [2.45, 2.75) is 88.4 Å². The van der Waals surface area contributed by atoms with Crippen LogP contribution in [0, 0.1) is 17.8 Å². The van der Waals surface area contributed by atoms with E-state index in [1.807, 2.05) is 0 Å². The van der Waals surface area contributed by atoms with Crippen LogP contribution in [0.5, 0.6) is 0 Å². The van der Waals surface area contributed by atoms with Gasteiger partial charge in [0.15, 0.2) is 0 Å². The standard InChI is InChI=1S/C19H33NO2.ClH/c21-18(12-20-17-4-2-1-3-5-17)13-22-19-9-14-6-15(10-19)8-16(7-14)11-19;/h14-18,20-21H,1-13H2;1H. The van der Waals surface area contributed by atoms with E-state index >= 15 is 0 Å². The third-order valence-corrected chi connectivity index (χ3v) is 6.81.